The van der Waals surface area contributed by atoms with E-state index in [1.807, 2.05) is 37.3 Å². The third kappa shape index (κ3) is 5.68. The smallest absolute Gasteiger partial charge is 0.254 e. The SMILES string of the molecule is Cc1ccc2cc1Oc1cccc(c1)CO[C@@H]1CCN(C(=O)c3ccncc3)C[C@@H]1NC(=O)CN(C)C2=O. The summed E-state index contributed by atoms with van der Waals surface area (Å²) in [5.74, 6) is 0.471. The van der Waals surface area contributed by atoms with Crippen LogP contribution in [0.15, 0.2) is 67.0 Å². The monoisotopic (exact) mass is 514 g/mol. The minimum Gasteiger partial charge on any atom is -0.457 e. The number of carbonyl (C=O) groups excluding carboxylic acids is 3. The predicted molar refractivity (Wildman–Crippen MR) is 140 cm³/mol. The van der Waals surface area contributed by atoms with Crippen molar-refractivity contribution in [1.29, 1.82) is 0 Å². The van der Waals surface area contributed by atoms with E-state index in [1.165, 1.54) is 4.90 Å². The van der Waals surface area contributed by atoms with Gasteiger partial charge in [-0.1, -0.05) is 18.2 Å². The molecular formula is C29H30N4O5. The summed E-state index contributed by atoms with van der Waals surface area (Å²) in [6.45, 7) is 2.89. The zero-order valence-electron chi connectivity index (χ0n) is 21.4. The van der Waals surface area contributed by atoms with E-state index in [9.17, 15) is 14.4 Å². The largest absolute Gasteiger partial charge is 0.457 e. The van der Waals surface area contributed by atoms with Crippen LogP contribution in [0.3, 0.4) is 0 Å². The van der Waals surface area contributed by atoms with Crippen molar-refractivity contribution in [1.82, 2.24) is 20.1 Å². The van der Waals surface area contributed by atoms with Crippen LogP contribution in [0.4, 0.5) is 0 Å². The van der Waals surface area contributed by atoms with Crippen molar-refractivity contribution in [3.8, 4) is 11.5 Å². The average Bonchev–Trinajstić information content (AvgIpc) is 2.93. The summed E-state index contributed by atoms with van der Waals surface area (Å²) < 4.78 is 12.4. The number of piperidine rings is 1. The summed E-state index contributed by atoms with van der Waals surface area (Å²) in [5, 5.41) is 3.02. The van der Waals surface area contributed by atoms with E-state index in [0.717, 1.165) is 11.1 Å². The van der Waals surface area contributed by atoms with Gasteiger partial charge in [-0.2, -0.15) is 0 Å². The Hall–Kier alpha value is -4.24. The number of ether oxygens (including phenoxy) is 2. The topological polar surface area (TPSA) is 101 Å². The fourth-order valence-electron chi connectivity index (χ4n) is 4.76. The van der Waals surface area contributed by atoms with Crippen LogP contribution < -0.4 is 10.1 Å². The van der Waals surface area contributed by atoms with Gasteiger partial charge in [0.1, 0.15) is 11.5 Å². The lowest BCUT2D eigenvalue weighted by Gasteiger charge is -2.39. The molecule has 0 unspecified atom stereocenters. The van der Waals surface area contributed by atoms with Crippen molar-refractivity contribution in [2.24, 2.45) is 0 Å². The molecule has 3 amide bonds. The number of fused-ring (bicyclic) bond motifs is 5. The molecule has 5 rings (SSSR count). The van der Waals surface area contributed by atoms with Gasteiger partial charge in [0.15, 0.2) is 0 Å². The van der Waals surface area contributed by atoms with Gasteiger partial charge in [-0.15, -0.1) is 0 Å². The summed E-state index contributed by atoms with van der Waals surface area (Å²) in [6.07, 6.45) is 3.41. The molecule has 3 heterocycles. The molecule has 1 saturated heterocycles. The van der Waals surface area contributed by atoms with Gasteiger partial charge >= 0.3 is 0 Å². The first-order valence-corrected chi connectivity index (χ1v) is 12.6. The number of aryl methyl sites for hydroxylation is 1. The maximum atomic E-state index is 13.1. The molecule has 2 aliphatic heterocycles. The van der Waals surface area contributed by atoms with Crippen molar-refractivity contribution in [3.05, 3.63) is 89.2 Å². The molecule has 0 saturated carbocycles. The highest BCUT2D eigenvalue weighted by molar-refractivity contribution is 5.97. The molecule has 0 aliphatic carbocycles. The summed E-state index contributed by atoms with van der Waals surface area (Å²) in [4.78, 5) is 46.3. The second-order valence-corrected chi connectivity index (χ2v) is 9.69. The Balaban J connectivity index is 1.42. The second-order valence-electron chi connectivity index (χ2n) is 9.69. The minimum atomic E-state index is -0.441. The van der Waals surface area contributed by atoms with E-state index in [-0.39, 0.29) is 30.4 Å². The van der Waals surface area contributed by atoms with Crippen molar-refractivity contribution < 1.29 is 23.9 Å². The Morgan fingerprint density at radius 1 is 1.08 bits per heavy atom. The van der Waals surface area contributed by atoms with Crippen LogP contribution in [0.2, 0.25) is 0 Å². The Morgan fingerprint density at radius 2 is 1.89 bits per heavy atom. The fourth-order valence-corrected chi connectivity index (χ4v) is 4.76. The number of hydrogen-bond donors (Lipinski definition) is 1. The number of benzene rings is 2. The molecule has 196 valence electrons. The highest BCUT2D eigenvalue weighted by atomic mass is 16.5. The Labute approximate surface area is 221 Å². The average molecular weight is 515 g/mol. The third-order valence-electron chi connectivity index (χ3n) is 6.86. The molecular weight excluding hydrogens is 484 g/mol. The first-order valence-electron chi connectivity index (χ1n) is 12.6. The number of nitrogens with one attached hydrogen (secondary N) is 1. The van der Waals surface area contributed by atoms with E-state index in [4.69, 9.17) is 9.47 Å². The van der Waals surface area contributed by atoms with Gasteiger partial charge in [0, 0.05) is 43.7 Å². The van der Waals surface area contributed by atoms with E-state index in [2.05, 4.69) is 10.3 Å². The standard InChI is InChI=1S/C29H30N4O5/c1-19-6-7-22-15-26(19)38-23-5-3-4-20(14-23)18-37-25-10-13-33(29(36)21-8-11-30-12-9-21)16-24(25)31-27(34)17-32(2)28(22)35/h3-9,11-12,14-15,24-25H,10,13,16-18H2,1-2H3,(H,31,34)/t24-,25+/m0/s1. The molecule has 38 heavy (non-hydrogen) atoms. The maximum absolute atomic E-state index is 13.1. The number of amides is 3. The minimum absolute atomic E-state index is 0.125. The summed E-state index contributed by atoms with van der Waals surface area (Å²) in [7, 11) is 1.59. The van der Waals surface area contributed by atoms with Crippen molar-refractivity contribution in [2.75, 3.05) is 26.7 Å². The lowest BCUT2D eigenvalue weighted by molar-refractivity contribution is -0.124. The Kier molecular flexibility index (Phi) is 7.37. The highest BCUT2D eigenvalue weighted by Crippen LogP contribution is 2.28. The Bertz CT molecular complexity index is 1350. The van der Waals surface area contributed by atoms with Crippen molar-refractivity contribution in [2.45, 2.75) is 32.1 Å². The number of pyridine rings is 1. The van der Waals surface area contributed by atoms with Gasteiger partial charge in [-0.05, 0) is 60.9 Å². The van der Waals surface area contributed by atoms with Gasteiger partial charge < -0.3 is 24.6 Å². The van der Waals surface area contributed by atoms with Crippen molar-refractivity contribution >= 4 is 17.7 Å². The number of rotatable bonds is 1. The normalized spacial score (nSPS) is 20.3. The van der Waals surface area contributed by atoms with Crippen LogP contribution in [-0.2, 0) is 16.1 Å². The van der Waals surface area contributed by atoms with Crippen LogP contribution in [0, 0.1) is 6.92 Å². The predicted octanol–water partition coefficient (Wildman–Crippen LogP) is 3.18. The summed E-state index contributed by atoms with van der Waals surface area (Å²) in [5.41, 5.74) is 2.77. The molecule has 1 N–H and O–H groups in total. The molecule has 9 heteroatoms. The van der Waals surface area contributed by atoms with Gasteiger partial charge in [0.05, 0.1) is 25.3 Å². The Morgan fingerprint density at radius 3 is 2.71 bits per heavy atom. The molecule has 0 radical (unpaired) electrons. The number of hydrogen-bond acceptors (Lipinski definition) is 6. The molecule has 3 aromatic rings. The molecule has 2 aliphatic rings. The number of carbonyl (C=O) groups is 3. The molecule has 9 nitrogen and oxygen atoms in total. The first kappa shape index (κ1) is 25.4. The van der Waals surface area contributed by atoms with Crippen molar-refractivity contribution in [3.63, 3.8) is 0 Å². The first-order chi connectivity index (χ1) is 18.4. The molecule has 0 spiro atoms. The van der Waals surface area contributed by atoms with Crippen LogP contribution in [0.1, 0.15) is 38.3 Å². The van der Waals surface area contributed by atoms with E-state index < -0.39 is 6.04 Å². The fraction of sp³-hybridized carbons (Fsp3) is 0.310. The lowest BCUT2D eigenvalue weighted by Crippen LogP contribution is -2.58. The van der Waals surface area contributed by atoms with Gasteiger partial charge in [-0.25, -0.2) is 0 Å². The highest BCUT2D eigenvalue weighted by Gasteiger charge is 2.34. The zero-order chi connectivity index (χ0) is 26.6. The van der Waals surface area contributed by atoms with Gasteiger partial charge in [-0.3, -0.25) is 19.4 Å². The van der Waals surface area contributed by atoms with Crippen LogP contribution >= 0.6 is 0 Å². The van der Waals surface area contributed by atoms with Crippen LogP contribution in [0.25, 0.3) is 0 Å². The quantitative estimate of drug-likeness (QED) is 0.535. The zero-order valence-corrected chi connectivity index (χ0v) is 21.4. The van der Waals surface area contributed by atoms with Gasteiger partial charge in [0.25, 0.3) is 11.8 Å². The molecule has 2 atom stereocenters. The lowest BCUT2D eigenvalue weighted by atomic mass is 10.0. The number of likely N-dealkylation sites (N-methyl/N-ethyl adjacent to an activating group) is 1. The van der Waals surface area contributed by atoms with Crippen LogP contribution in [-0.4, -0.2) is 71.3 Å². The third-order valence-corrected chi connectivity index (χ3v) is 6.86. The maximum Gasteiger partial charge on any atom is 0.254 e. The molecule has 1 aromatic heterocycles. The number of likely N-dealkylation sites (tertiary alicyclic amines) is 1. The number of nitrogens with zero attached hydrogens (tertiary/aromatic N) is 3. The molecule has 2 aromatic carbocycles. The second kappa shape index (κ2) is 11.0. The van der Waals surface area contributed by atoms with Gasteiger partial charge in [0.2, 0.25) is 5.91 Å². The summed E-state index contributed by atoms with van der Waals surface area (Å²) >= 11 is 0. The number of aromatic nitrogens is 1. The summed E-state index contributed by atoms with van der Waals surface area (Å²) in [6, 6.07) is 15.8. The molecule has 4 bridgehead atoms. The van der Waals surface area contributed by atoms with E-state index in [0.29, 0.717) is 48.7 Å². The molecule has 1 fully saturated rings. The van der Waals surface area contributed by atoms with Crippen LogP contribution in [0.5, 0.6) is 11.5 Å². The van der Waals surface area contributed by atoms with E-state index >= 15 is 0 Å². The van der Waals surface area contributed by atoms with E-state index in [1.54, 1.807) is 48.6 Å².